The second-order valence-electron chi connectivity index (χ2n) is 3.36. The molecule has 0 aliphatic heterocycles. The first-order valence-electron chi connectivity index (χ1n) is 5.12. The highest BCUT2D eigenvalue weighted by atomic mass is 14.9. The van der Waals surface area contributed by atoms with E-state index in [1.54, 1.807) is 0 Å². The molecule has 0 amide bonds. The molecule has 1 N–H and O–H groups in total. The molecular weight excluding hydrogens is 182 g/mol. The monoisotopic (exact) mass is 196 g/mol. The van der Waals surface area contributed by atoms with Gasteiger partial charge in [0.15, 0.2) is 0 Å². The van der Waals surface area contributed by atoms with Crippen LogP contribution in [-0.4, -0.2) is 6.54 Å². The Morgan fingerprint density at radius 2 is 1.40 bits per heavy atom. The molecule has 0 heterocycles. The van der Waals surface area contributed by atoms with Gasteiger partial charge in [-0.2, -0.15) is 0 Å². The van der Waals surface area contributed by atoms with E-state index in [4.69, 9.17) is 0 Å². The fourth-order valence-electron chi connectivity index (χ4n) is 1.43. The molecule has 0 aliphatic carbocycles. The number of hydrogen-bond donors (Lipinski definition) is 1. The average molecular weight is 196 g/mol. The lowest BCUT2D eigenvalue weighted by atomic mass is 10.1. The van der Waals surface area contributed by atoms with E-state index in [9.17, 15) is 0 Å². The maximum absolute atomic E-state index is 3.34. The van der Waals surface area contributed by atoms with Gasteiger partial charge in [0, 0.05) is 18.7 Å². The molecule has 1 radical (unpaired) electrons. The van der Waals surface area contributed by atoms with Crippen molar-refractivity contribution in [1.82, 2.24) is 0 Å². The zero-order chi connectivity index (χ0) is 10.3. The highest BCUT2D eigenvalue weighted by Gasteiger charge is 1.92. The highest BCUT2D eigenvalue weighted by Crippen LogP contribution is 2.06. The van der Waals surface area contributed by atoms with Crippen LogP contribution in [0.1, 0.15) is 5.56 Å². The Hall–Kier alpha value is -1.76. The molecule has 0 saturated carbocycles. The van der Waals surface area contributed by atoms with E-state index in [1.165, 1.54) is 5.56 Å². The second kappa shape index (κ2) is 5.20. The molecule has 2 aromatic carbocycles. The van der Waals surface area contributed by atoms with Crippen LogP contribution in [-0.2, 0) is 0 Å². The largest absolute Gasteiger partial charge is 0.384 e. The molecule has 1 heteroatoms. The van der Waals surface area contributed by atoms with Crippen LogP contribution >= 0.6 is 0 Å². The summed E-state index contributed by atoms with van der Waals surface area (Å²) in [6.07, 6.45) is 2.17. The molecule has 0 saturated heterocycles. The number of anilines is 1. The third-order valence-corrected chi connectivity index (χ3v) is 2.22. The van der Waals surface area contributed by atoms with E-state index >= 15 is 0 Å². The SMILES string of the molecule is [CH](CNc1ccccc1)c1ccccc1. The van der Waals surface area contributed by atoms with Crippen LogP contribution in [0, 0.1) is 6.42 Å². The normalized spacial score (nSPS) is 9.87. The predicted molar refractivity (Wildman–Crippen MR) is 64.8 cm³/mol. The minimum Gasteiger partial charge on any atom is -0.384 e. The minimum absolute atomic E-state index is 0.855. The van der Waals surface area contributed by atoms with Crippen molar-refractivity contribution in [2.45, 2.75) is 0 Å². The summed E-state index contributed by atoms with van der Waals surface area (Å²) >= 11 is 0. The third-order valence-electron chi connectivity index (χ3n) is 2.22. The van der Waals surface area contributed by atoms with Crippen LogP contribution in [0.5, 0.6) is 0 Å². The number of benzene rings is 2. The summed E-state index contributed by atoms with van der Waals surface area (Å²) in [7, 11) is 0. The van der Waals surface area contributed by atoms with Gasteiger partial charge in [-0.15, -0.1) is 0 Å². The zero-order valence-electron chi connectivity index (χ0n) is 8.56. The van der Waals surface area contributed by atoms with Crippen LogP contribution in [0.3, 0.4) is 0 Å². The van der Waals surface area contributed by atoms with E-state index in [2.05, 4.69) is 36.0 Å². The van der Waals surface area contributed by atoms with Crippen LogP contribution in [0.2, 0.25) is 0 Å². The second-order valence-corrected chi connectivity index (χ2v) is 3.36. The van der Waals surface area contributed by atoms with E-state index in [0.29, 0.717) is 0 Å². The van der Waals surface area contributed by atoms with Gasteiger partial charge in [0.1, 0.15) is 0 Å². The van der Waals surface area contributed by atoms with E-state index in [0.717, 1.165) is 12.2 Å². The fourth-order valence-corrected chi connectivity index (χ4v) is 1.43. The van der Waals surface area contributed by atoms with E-state index < -0.39 is 0 Å². The molecule has 2 rings (SSSR count). The lowest BCUT2D eigenvalue weighted by Gasteiger charge is -2.05. The van der Waals surface area contributed by atoms with Gasteiger partial charge in [-0.3, -0.25) is 0 Å². The van der Waals surface area contributed by atoms with Gasteiger partial charge in [-0.05, 0) is 17.7 Å². The van der Waals surface area contributed by atoms with Gasteiger partial charge in [0.2, 0.25) is 0 Å². The van der Waals surface area contributed by atoms with Crippen LogP contribution in [0.15, 0.2) is 60.7 Å². The Morgan fingerprint density at radius 1 is 0.800 bits per heavy atom. The topological polar surface area (TPSA) is 12.0 Å². The summed E-state index contributed by atoms with van der Waals surface area (Å²) in [6.45, 7) is 0.855. The molecular formula is C14H14N. The zero-order valence-corrected chi connectivity index (χ0v) is 8.56. The Morgan fingerprint density at radius 3 is 2.07 bits per heavy atom. The first-order valence-corrected chi connectivity index (χ1v) is 5.12. The van der Waals surface area contributed by atoms with Crippen molar-refractivity contribution in [3.63, 3.8) is 0 Å². The molecule has 75 valence electrons. The molecule has 0 aliphatic rings. The Kier molecular flexibility index (Phi) is 3.39. The van der Waals surface area contributed by atoms with Crippen LogP contribution < -0.4 is 5.32 Å². The Labute approximate surface area is 90.8 Å². The van der Waals surface area contributed by atoms with Gasteiger partial charge < -0.3 is 5.32 Å². The van der Waals surface area contributed by atoms with Gasteiger partial charge in [0.05, 0.1) is 0 Å². The van der Waals surface area contributed by atoms with Crippen molar-refractivity contribution in [2.75, 3.05) is 11.9 Å². The van der Waals surface area contributed by atoms with Crippen molar-refractivity contribution < 1.29 is 0 Å². The maximum atomic E-state index is 3.34. The Bertz CT molecular complexity index is 341. The first-order chi connectivity index (χ1) is 7.45. The number of rotatable bonds is 4. The summed E-state index contributed by atoms with van der Waals surface area (Å²) in [6, 6.07) is 20.6. The molecule has 0 aromatic heterocycles. The summed E-state index contributed by atoms with van der Waals surface area (Å²) in [5.41, 5.74) is 2.41. The molecule has 0 bridgehead atoms. The number of para-hydroxylation sites is 1. The lowest BCUT2D eigenvalue weighted by molar-refractivity contribution is 1.23. The molecule has 0 atom stereocenters. The van der Waals surface area contributed by atoms with Crippen molar-refractivity contribution in [3.8, 4) is 0 Å². The van der Waals surface area contributed by atoms with Gasteiger partial charge in [-0.1, -0.05) is 48.5 Å². The highest BCUT2D eigenvalue weighted by molar-refractivity contribution is 5.43. The van der Waals surface area contributed by atoms with Crippen molar-refractivity contribution >= 4 is 5.69 Å². The summed E-state index contributed by atoms with van der Waals surface area (Å²) in [4.78, 5) is 0. The molecule has 1 nitrogen and oxygen atoms in total. The summed E-state index contributed by atoms with van der Waals surface area (Å²) < 4.78 is 0. The molecule has 0 unspecified atom stereocenters. The number of nitrogens with one attached hydrogen (secondary N) is 1. The molecule has 2 aromatic rings. The average Bonchev–Trinajstić information content (AvgIpc) is 2.32. The first kappa shape index (κ1) is 9.78. The van der Waals surface area contributed by atoms with Crippen molar-refractivity contribution in [2.24, 2.45) is 0 Å². The molecule has 0 spiro atoms. The van der Waals surface area contributed by atoms with Gasteiger partial charge in [0.25, 0.3) is 0 Å². The fraction of sp³-hybridized carbons (Fsp3) is 0.0714. The third kappa shape index (κ3) is 3.13. The van der Waals surface area contributed by atoms with Gasteiger partial charge in [-0.25, -0.2) is 0 Å². The minimum atomic E-state index is 0.855. The predicted octanol–water partition coefficient (Wildman–Crippen LogP) is 3.35. The van der Waals surface area contributed by atoms with Crippen molar-refractivity contribution in [3.05, 3.63) is 72.6 Å². The standard InChI is InChI=1S/C14H14N/c1-3-7-13(8-4-1)11-12-15-14-9-5-2-6-10-14/h1-11,15H,12H2. The summed E-state index contributed by atoms with van der Waals surface area (Å²) in [5.74, 6) is 0. The maximum Gasteiger partial charge on any atom is 0.0340 e. The number of hydrogen-bond acceptors (Lipinski definition) is 1. The molecule has 0 fully saturated rings. The van der Waals surface area contributed by atoms with Gasteiger partial charge >= 0.3 is 0 Å². The van der Waals surface area contributed by atoms with Crippen LogP contribution in [0.25, 0.3) is 0 Å². The van der Waals surface area contributed by atoms with E-state index in [-0.39, 0.29) is 0 Å². The quantitative estimate of drug-likeness (QED) is 0.790. The Balaban J connectivity index is 1.81. The van der Waals surface area contributed by atoms with Crippen LogP contribution in [0.4, 0.5) is 5.69 Å². The van der Waals surface area contributed by atoms with Crippen molar-refractivity contribution in [1.29, 1.82) is 0 Å². The lowest BCUT2D eigenvalue weighted by Crippen LogP contribution is -2.02. The smallest absolute Gasteiger partial charge is 0.0340 e. The molecule has 15 heavy (non-hydrogen) atoms. The van der Waals surface area contributed by atoms with E-state index in [1.807, 2.05) is 36.4 Å². The summed E-state index contributed by atoms with van der Waals surface area (Å²) in [5, 5.41) is 3.34.